The topological polar surface area (TPSA) is 9.86 Å². The Morgan fingerprint density at radius 1 is 0.388 bits per heavy atom. The molecule has 9 aromatic rings. The van der Waals surface area contributed by atoms with Crippen LogP contribution < -0.4 is 0 Å². The lowest BCUT2D eigenvalue weighted by Crippen LogP contribution is -2.15. The molecule has 232 valence electrons. The van der Waals surface area contributed by atoms with E-state index in [0.29, 0.717) is 0 Å². The van der Waals surface area contributed by atoms with Gasteiger partial charge in [-0.3, -0.25) is 0 Å². The highest BCUT2D eigenvalue weighted by molar-refractivity contribution is 8.05. The van der Waals surface area contributed by atoms with Crippen LogP contribution in [0.1, 0.15) is 25.0 Å². The van der Waals surface area contributed by atoms with Crippen LogP contribution >= 0.6 is 23.5 Å². The van der Waals surface area contributed by atoms with Crippen LogP contribution in [0.15, 0.2) is 165 Å². The van der Waals surface area contributed by atoms with Crippen molar-refractivity contribution in [1.82, 2.24) is 9.13 Å². The second kappa shape index (κ2) is 9.94. The maximum Gasteiger partial charge on any atom is 0.0542 e. The van der Waals surface area contributed by atoms with Crippen molar-refractivity contribution in [3.05, 3.63) is 157 Å². The maximum atomic E-state index is 2.47. The maximum absolute atomic E-state index is 2.47. The summed E-state index contributed by atoms with van der Waals surface area (Å²) in [7, 11) is 0. The van der Waals surface area contributed by atoms with E-state index >= 15 is 0 Å². The quantitative estimate of drug-likeness (QED) is 0.182. The summed E-state index contributed by atoms with van der Waals surface area (Å²) in [6, 6.07) is 54.2. The molecule has 0 fully saturated rings. The Morgan fingerprint density at radius 2 is 0.857 bits per heavy atom. The van der Waals surface area contributed by atoms with Crippen LogP contribution in [0.25, 0.3) is 66.1 Å². The minimum absolute atomic E-state index is 0.111. The zero-order chi connectivity index (χ0) is 32.4. The van der Waals surface area contributed by atoms with E-state index in [-0.39, 0.29) is 5.41 Å². The van der Waals surface area contributed by atoms with Gasteiger partial charge in [0, 0.05) is 57.9 Å². The minimum atomic E-state index is -0.111. The van der Waals surface area contributed by atoms with Gasteiger partial charge in [-0.25, -0.2) is 0 Å². The van der Waals surface area contributed by atoms with E-state index in [2.05, 4.69) is 169 Å². The van der Waals surface area contributed by atoms with Crippen LogP contribution in [-0.2, 0) is 5.41 Å². The van der Waals surface area contributed by atoms with Crippen molar-refractivity contribution >= 4 is 67.1 Å². The van der Waals surface area contributed by atoms with Gasteiger partial charge in [-0.2, -0.15) is 0 Å². The summed E-state index contributed by atoms with van der Waals surface area (Å²) < 4.78 is 4.88. The van der Waals surface area contributed by atoms with Crippen molar-refractivity contribution < 1.29 is 0 Å². The Morgan fingerprint density at radius 3 is 1.49 bits per heavy atom. The summed E-state index contributed by atoms with van der Waals surface area (Å²) in [6.45, 7) is 4.79. The number of fused-ring (bicyclic) bond motifs is 11. The van der Waals surface area contributed by atoms with E-state index < -0.39 is 0 Å². The zero-order valence-corrected chi connectivity index (χ0v) is 28.7. The highest BCUT2D eigenvalue weighted by atomic mass is 32.2. The van der Waals surface area contributed by atoms with Gasteiger partial charge >= 0.3 is 0 Å². The molecule has 0 N–H and O–H groups in total. The van der Waals surface area contributed by atoms with Crippen molar-refractivity contribution in [2.24, 2.45) is 0 Å². The fraction of sp³-hybridized carbons (Fsp3) is 0.0667. The Hall–Kier alpha value is -5.16. The molecule has 4 heteroatoms. The van der Waals surface area contributed by atoms with Crippen LogP contribution in [-0.4, -0.2) is 9.13 Å². The van der Waals surface area contributed by atoms with Gasteiger partial charge in [0.05, 0.1) is 22.1 Å². The van der Waals surface area contributed by atoms with Gasteiger partial charge in [0.25, 0.3) is 0 Å². The Labute approximate surface area is 293 Å². The first-order chi connectivity index (χ1) is 24.0. The molecule has 2 nitrogen and oxygen atoms in total. The number of nitrogens with zero attached hydrogens (tertiary/aromatic N) is 2. The van der Waals surface area contributed by atoms with Gasteiger partial charge in [0.1, 0.15) is 0 Å². The Bertz CT molecular complexity index is 2820. The Kier molecular flexibility index (Phi) is 5.63. The molecular formula is C45H30N2S2. The molecular weight excluding hydrogens is 633 g/mol. The number of hydrogen-bond acceptors (Lipinski definition) is 2. The second-order valence-electron chi connectivity index (χ2n) is 13.8. The molecule has 0 radical (unpaired) electrons. The molecule has 0 atom stereocenters. The lowest BCUT2D eigenvalue weighted by Gasteiger charge is -2.25. The fourth-order valence-electron chi connectivity index (χ4n) is 8.46. The molecule has 0 bridgehead atoms. The molecule has 0 unspecified atom stereocenters. The summed E-state index contributed by atoms with van der Waals surface area (Å²) in [5, 5.41) is 5.10. The lowest BCUT2D eigenvalue weighted by molar-refractivity contribution is 0.657. The van der Waals surface area contributed by atoms with E-state index in [1.807, 2.05) is 23.5 Å². The first-order valence-electron chi connectivity index (χ1n) is 16.8. The standard InChI is InChI=1S/C45H30N2S2/c1-45(2)35-24-28(19-21-29(35)33-25-43-44(26-36(33)45)49-42-18-10-9-17-41(42)48-43)47-39-16-8-5-13-32(39)34-23-27(20-22-40(34)47)46-37-14-6-3-11-30(37)31-12-4-7-15-38(31)46/h3-26H,1-2H3. The van der Waals surface area contributed by atoms with Crippen LogP contribution in [0.5, 0.6) is 0 Å². The first-order valence-corrected chi connectivity index (χ1v) is 18.5. The molecule has 3 heterocycles. The molecule has 2 aromatic heterocycles. The summed E-state index contributed by atoms with van der Waals surface area (Å²) in [5.41, 5.74) is 12.7. The third-order valence-corrected chi connectivity index (χ3v) is 13.3. The summed E-state index contributed by atoms with van der Waals surface area (Å²) in [6.07, 6.45) is 0. The predicted molar refractivity (Wildman–Crippen MR) is 207 cm³/mol. The van der Waals surface area contributed by atoms with Gasteiger partial charge in [-0.05, 0) is 95.1 Å². The van der Waals surface area contributed by atoms with E-state index in [1.54, 1.807) is 0 Å². The van der Waals surface area contributed by atoms with Gasteiger partial charge in [-0.15, -0.1) is 0 Å². The van der Waals surface area contributed by atoms with Crippen molar-refractivity contribution in [3.63, 3.8) is 0 Å². The van der Waals surface area contributed by atoms with Crippen molar-refractivity contribution in [3.8, 4) is 22.5 Å². The SMILES string of the molecule is CC1(C)c2cc(-n3c4ccccc4c4cc(-n5c6ccccc6c6ccccc65)ccc43)ccc2-c2cc3c(cc21)Sc1ccccc1S3. The van der Waals surface area contributed by atoms with Crippen LogP contribution in [0.3, 0.4) is 0 Å². The van der Waals surface area contributed by atoms with Crippen LogP contribution in [0.2, 0.25) is 0 Å². The van der Waals surface area contributed by atoms with E-state index in [9.17, 15) is 0 Å². The smallest absolute Gasteiger partial charge is 0.0542 e. The lowest BCUT2D eigenvalue weighted by atomic mass is 9.82. The largest absolute Gasteiger partial charge is 0.309 e. The molecule has 0 amide bonds. The van der Waals surface area contributed by atoms with Gasteiger partial charge in [0.15, 0.2) is 0 Å². The number of aromatic nitrogens is 2. The van der Waals surface area contributed by atoms with E-state index in [0.717, 1.165) is 0 Å². The molecule has 0 saturated heterocycles. The molecule has 2 aliphatic rings. The fourth-order valence-corrected chi connectivity index (χ4v) is 10.7. The summed E-state index contributed by atoms with van der Waals surface area (Å²) >= 11 is 3.81. The monoisotopic (exact) mass is 662 g/mol. The third-order valence-electron chi connectivity index (χ3n) is 10.8. The molecule has 49 heavy (non-hydrogen) atoms. The molecule has 11 rings (SSSR count). The summed E-state index contributed by atoms with van der Waals surface area (Å²) in [5.74, 6) is 0. The molecule has 7 aromatic carbocycles. The number of benzene rings is 7. The molecule has 0 saturated carbocycles. The van der Waals surface area contributed by atoms with Gasteiger partial charge in [0.2, 0.25) is 0 Å². The van der Waals surface area contributed by atoms with Crippen molar-refractivity contribution in [1.29, 1.82) is 0 Å². The van der Waals surface area contributed by atoms with E-state index in [4.69, 9.17) is 0 Å². The zero-order valence-electron chi connectivity index (χ0n) is 27.1. The predicted octanol–water partition coefficient (Wildman–Crippen LogP) is 12.8. The minimum Gasteiger partial charge on any atom is -0.309 e. The second-order valence-corrected chi connectivity index (χ2v) is 15.9. The molecule has 1 aliphatic heterocycles. The highest BCUT2D eigenvalue weighted by Gasteiger charge is 2.37. The Balaban J connectivity index is 1.09. The van der Waals surface area contributed by atoms with Crippen molar-refractivity contribution in [2.45, 2.75) is 38.8 Å². The normalized spacial score (nSPS) is 14.3. The van der Waals surface area contributed by atoms with Crippen LogP contribution in [0, 0.1) is 0 Å². The van der Waals surface area contributed by atoms with Gasteiger partial charge < -0.3 is 9.13 Å². The third kappa shape index (κ3) is 3.82. The highest BCUT2D eigenvalue weighted by Crippen LogP contribution is 2.56. The average Bonchev–Trinajstić information content (AvgIpc) is 3.72. The summed E-state index contributed by atoms with van der Waals surface area (Å²) in [4.78, 5) is 5.42. The first kappa shape index (κ1) is 27.8. The number of para-hydroxylation sites is 3. The molecule has 0 spiro atoms. The molecule has 1 aliphatic carbocycles. The van der Waals surface area contributed by atoms with Crippen LogP contribution in [0.4, 0.5) is 0 Å². The number of rotatable bonds is 2. The van der Waals surface area contributed by atoms with E-state index in [1.165, 1.54) is 96.8 Å². The van der Waals surface area contributed by atoms with Gasteiger partial charge in [-0.1, -0.05) is 110 Å². The average molecular weight is 663 g/mol. The van der Waals surface area contributed by atoms with Crippen molar-refractivity contribution in [2.75, 3.05) is 0 Å². The number of hydrogen-bond donors (Lipinski definition) is 0.